The summed E-state index contributed by atoms with van der Waals surface area (Å²) in [4.78, 5) is 23.6. The molecule has 2 rings (SSSR count). The van der Waals surface area contributed by atoms with E-state index in [1.165, 1.54) is 12.1 Å². The van der Waals surface area contributed by atoms with Crippen molar-refractivity contribution in [2.24, 2.45) is 5.92 Å². The molecule has 1 unspecified atom stereocenters. The molecule has 5 nitrogen and oxygen atoms in total. The molecular weight excluding hydrogens is 346 g/mol. The molecule has 0 saturated heterocycles. The second-order valence-electron chi connectivity index (χ2n) is 6.33. The molecule has 0 bridgehead atoms. The van der Waals surface area contributed by atoms with Crippen LogP contribution in [-0.2, 0) is 9.53 Å². The molecule has 1 aromatic carbocycles. The van der Waals surface area contributed by atoms with Crippen LogP contribution >= 0.6 is 23.2 Å². The lowest BCUT2D eigenvalue weighted by Gasteiger charge is -2.19. The summed E-state index contributed by atoms with van der Waals surface area (Å²) in [5.41, 5.74) is -0.439. The van der Waals surface area contributed by atoms with Gasteiger partial charge >= 0.3 is 6.09 Å². The number of nitrogens with one attached hydrogen (secondary N) is 2. The Morgan fingerprint density at radius 2 is 1.91 bits per heavy atom. The molecule has 1 atom stereocenters. The van der Waals surface area contributed by atoms with Gasteiger partial charge in [-0.1, -0.05) is 0 Å². The Kier molecular flexibility index (Phi) is 4.78. The first-order chi connectivity index (χ1) is 10.5. The van der Waals surface area contributed by atoms with Crippen LogP contribution in [0.5, 0.6) is 0 Å². The first-order valence-corrected chi connectivity index (χ1v) is 7.72. The summed E-state index contributed by atoms with van der Waals surface area (Å²) in [5.74, 6) is -1.68. The summed E-state index contributed by atoms with van der Waals surface area (Å²) in [6, 6.07) is 3.78. The Morgan fingerprint density at radius 3 is 2.43 bits per heavy atom. The van der Waals surface area contributed by atoms with Crippen molar-refractivity contribution < 1.29 is 18.7 Å². The maximum atomic E-state index is 13.8. The van der Waals surface area contributed by atoms with Crippen LogP contribution in [0.25, 0.3) is 0 Å². The molecule has 0 heterocycles. The van der Waals surface area contributed by atoms with E-state index in [4.69, 9.17) is 27.9 Å². The van der Waals surface area contributed by atoms with E-state index in [1.807, 2.05) is 0 Å². The standard InChI is InChI=1S/C15H17Cl2FN2O3/c1-14(2,3)23-13(22)19-8-4-5-10(18)11(6-8)20-12(21)9-7-15(9,16)17/h4-6,9H,7H2,1-3H3,(H,19,22)(H,20,21). The van der Waals surface area contributed by atoms with E-state index < -0.39 is 33.7 Å². The third-order valence-corrected chi connectivity index (χ3v) is 3.85. The smallest absolute Gasteiger partial charge is 0.412 e. The third-order valence-electron chi connectivity index (χ3n) is 3.01. The van der Waals surface area contributed by atoms with Gasteiger partial charge in [0.2, 0.25) is 5.91 Å². The predicted molar refractivity (Wildman–Crippen MR) is 87.4 cm³/mol. The van der Waals surface area contributed by atoms with E-state index in [0.29, 0.717) is 6.42 Å². The number of halogens is 3. The topological polar surface area (TPSA) is 67.4 Å². The van der Waals surface area contributed by atoms with Gasteiger partial charge in [-0.15, -0.1) is 23.2 Å². The molecular formula is C15H17Cl2FN2O3. The number of anilines is 2. The molecule has 126 valence electrons. The summed E-state index contributed by atoms with van der Waals surface area (Å²) in [6.07, 6.45) is -0.358. The second kappa shape index (κ2) is 6.17. The summed E-state index contributed by atoms with van der Waals surface area (Å²) in [7, 11) is 0. The molecule has 0 spiro atoms. The van der Waals surface area contributed by atoms with Gasteiger partial charge < -0.3 is 10.1 Å². The highest BCUT2D eigenvalue weighted by molar-refractivity contribution is 6.52. The lowest BCUT2D eigenvalue weighted by Crippen LogP contribution is -2.27. The van der Waals surface area contributed by atoms with Crippen molar-refractivity contribution in [3.05, 3.63) is 24.0 Å². The lowest BCUT2D eigenvalue weighted by molar-refractivity contribution is -0.117. The number of hydrogen-bond donors (Lipinski definition) is 2. The van der Waals surface area contributed by atoms with Crippen molar-refractivity contribution in [1.82, 2.24) is 0 Å². The van der Waals surface area contributed by atoms with Crippen LogP contribution in [-0.4, -0.2) is 21.9 Å². The average Bonchev–Trinajstić information content (AvgIpc) is 3.00. The second-order valence-corrected chi connectivity index (χ2v) is 7.87. The minimum atomic E-state index is -1.09. The van der Waals surface area contributed by atoms with Gasteiger partial charge in [-0.05, 0) is 45.4 Å². The van der Waals surface area contributed by atoms with Gasteiger partial charge in [0.05, 0.1) is 11.6 Å². The molecule has 1 saturated carbocycles. The first kappa shape index (κ1) is 17.8. The van der Waals surface area contributed by atoms with Gasteiger partial charge in [-0.2, -0.15) is 0 Å². The molecule has 1 aliphatic rings. The number of hydrogen-bond acceptors (Lipinski definition) is 3. The van der Waals surface area contributed by atoms with Crippen LogP contribution in [0.1, 0.15) is 27.2 Å². The van der Waals surface area contributed by atoms with Crippen molar-refractivity contribution in [3.8, 4) is 0 Å². The molecule has 23 heavy (non-hydrogen) atoms. The fourth-order valence-electron chi connectivity index (χ4n) is 1.84. The lowest BCUT2D eigenvalue weighted by atomic mass is 10.2. The molecule has 1 aliphatic carbocycles. The zero-order valence-corrected chi connectivity index (χ0v) is 14.4. The van der Waals surface area contributed by atoms with Crippen LogP contribution in [0.15, 0.2) is 18.2 Å². The maximum Gasteiger partial charge on any atom is 0.412 e. The minimum Gasteiger partial charge on any atom is -0.444 e. The Labute approximate surface area is 143 Å². The number of alkyl halides is 2. The monoisotopic (exact) mass is 362 g/mol. The Bertz CT molecular complexity index is 644. The Hall–Kier alpha value is -1.53. The number of ether oxygens (including phenoxy) is 1. The minimum absolute atomic E-state index is 0.0698. The molecule has 1 aromatic rings. The van der Waals surface area contributed by atoms with E-state index in [0.717, 1.165) is 6.07 Å². The van der Waals surface area contributed by atoms with Gasteiger partial charge in [0, 0.05) is 5.69 Å². The zero-order valence-electron chi connectivity index (χ0n) is 12.9. The highest BCUT2D eigenvalue weighted by Gasteiger charge is 2.56. The highest BCUT2D eigenvalue weighted by Crippen LogP contribution is 2.53. The van der Waals surface area contributed by atoms with Crippen LogP contribution in [0.3, 0.4) is 0 Å². The number of benzene rings is 1. The summed E-state index contributed by atoms with van der Waals surface area (Å²) in [6.45, 7) is 5.18. The highest BCUT2D eigenvalue weighted by atomic mass is 35.5. The SMILES string of the molecule is CC(C)(C)OC(=O)Nc1ccc(F)c(NC(=O)C2CC2(Cl)Cl)c1. The number of rotatable bonds is 3. The van der Waals surface area contributed by atoms with Crippen LogP contribution < -0.4 is 10.6 Å². The third kappa shape index (κ3) is 4.97. The Morgan fingerprint density at radius 1 is 1.30 bits per heavy atom. The maximum absolute atomic E-state index is 13.8. The fourth-order valence-corrected chi connectivity index (χ4v) is 2.34. The molecule has 1 fully saturated rings. The molecule has 0 aromatic heterocycles. The summed E-state index contributed by atoms with van der Waals surface area (Å²) in [5, 5.41) is 4.88. The van der Waals surface area contributed by atoms with E-state index in [9.17, 15) is 14.0 Å². The van der Waals surface area contributed by atoms with Gasteiger partial charge in [0.1, 0.15) is 15.8 Å². The summed E-state index contributed by atoms with van der Waals surface area (Å²) >= 11 is 11.6. The van der Waals surface area contributed by atoms with E-state index in [-0.39, 0.29) is 11.4 Å². The van der Waals surface area contributed by atoms with Crippen molar-refractivity contribution >= 4 is 46.6 Å². The first-order valence-electron chi connectivity index (χ1n) is 6.96. The zero-order chi connectivity index (χ0) is 17.4. The van der Waals surface area contributed by atoms with Crippen LogP contribution in [0.4, 0.5) is 20.6 Å². The van der Waals surface area contributed by atoms with E-state index in [2.05, 4.69) is 10.6 Å². The van der Waals surface area contributed by atoms with Gasteiger partial charge in [-0.25, -0.2) is 9.18 Å². The van der Waals surface area contributed by atoms with Crippen molar-refractivity contribution in [1.29, 1.82) is 0 Å². The van der Waals surface area contributed by atoms with Gasteiger partial charge in [-0.3, -0.25) is 10.1 Å². The van der Waals surface area contributed by atoms with E-state index in [1.54, 1.807) is 20.8 Å². The fraction of sp³-hybridized carbons (Fsp3) is 0.467. The molecule has 2 amide bonds. The van der Waals surface area contributed by atoms with Crippen molar-refractivity contribution in [2.75, 3.05) is 10.6 Å². The van der Waals surface area contributed by atoms with Crippen LogP contribution in [0, 0.1) is 11.7 Å². The quantitative estimate of drug-likeness (QED) is 0.787. The van der Waals surface area contributed by atoms with Crippen molar-refractivity contribution in [2.45, 2.75) is 37.1 Å². The van der Waals surface area contributed by atoms with Gasteiger partial charge in [0.25, 0.3) is 0 Å². The molecule has 0 radical (unpaired) electrons. The number of carbonyl (C=O) groups is 2. The largest absolute Gasteiger partial charge is 0.444 e. The molecule has 0 aliphatic heterocycles. The van der Waals surface area contributed by atoms with Crippen LogP contribution in [0.2, 0.25) is 0 Å². The Balaban J connectivity index is 2.04. The molecule has 2 N–H and O–H groups in total. The van der Waals surface area contributed by atoms with Crippen molar-refractivity contribution in [3.63, 3.8) is 0 Å². The summed E-state index contributed by atoms with van der Waals surface area (Å²) < 4.78 is 17.8. The van der Waals surface area contributed by atoms with Gasteiger partial charge in [0.15, 0.2) is 0 Å². The average molecular weight is 363 g/mol. The van der Waals surface area contributed by atoms with E-state index >= 15 is 0 Å². The number of amides is 2. The normalized spacial score (nSPS) is 19.0. The number of carbonyl (C=O) groups excluding carboxylic acids is 2. The predicted octanol–water partition coefficient (Wildman–Crippen LogP) is 4.31. The molecule has 8 heteroatoms.